The highest BCUT2D eigenvalue weighted by Gasteiger charge is 2.00. The molecule has 2 nitrogen and oxygen atoms in total. The summed E-state index contributed by atoms with van der Waals surface area (Å²) in [6.45, 7) is 6.07. The van der Waals surface area contributed by atoms with E-state index >= 15 is 0 Å². The molecule has 0 heterocycles. The van der Waals surface area contributed by atoms with Crippen LogP contribution in [0.15, 0.2) is 42.1 Å². The Bertz CT molecular complexity index is 369. The molecule has 0 N–H and O–H groups in total. The van der Waals surface area contributed by atoms with Crippen LogP contribution in [0, 0.1) is 11.3 Å². The molecule has 0 saturated heterocycles. The van der Waals surface area contributed by atoms with E-state index in [1.807, 2.05) is 36.5 Å². The first-order chi connectivity index (χ1) is 7.80. The third-order valence-electron chi connectivity index (χ3n) is 2.53. The fourth-order valence-corrected chi connectivity index (χ4v) is 1.56. The minimum absolute atomic E-state index is 0.716. The molecule has 0 aliphatic carbocycles. The zero-order valence-corrected chi connectivity index (χ0v) is 9.98. The van der Waals surface area contributed by atoms with Crippen LogP contribution in [-0.4, -0.2) is 18.0 Å². The average Bonchev–Trinajstić information content (AvgIpc) is 2.35. The summed E-state index contributed by atoms with van der Waals surface area (Å²) in [7, 11) is 0. The van der Waals surface area contributed by atoms with Gasteiger partial charge in [0.2, 0.25) is 0 Å². The summed E-state index contributed by atoms with van der Waals surface area (Å²) in [5, 5.41) is 9.08. The van der Waals surface area contributed by atoms with Gasteiger partial charge in [0.25, 0.3) is 0 Å². The molecule has 0 spiro atoms. The van der Waals surface area contributed by atoms with E-state index in [1.54, 1.807) is 0 Å². The first kappa shape index (κ1) is 12.3. The number of benzene rings is 1. The smallest absolute Gasteiger partial charge is 0.0965 e. The summed E-state index contributed by atoms with van der Waals surface area (Å²) in [4.78, 5) is 2.14. The first-order valence-corrected chi connectivity index (χ1v) is 5.68. The highest BCUT2D eigenvalue weighted by molar-refractivity contribution is 5.29. The van der Waals surface area contributed by atoms with Crippen LogP contribution in [0.5, 0.6) is 0 Å². The molecular formula is C14H18N2. The molecule has 0 atom stereocenters. The Balaban J connectivity index is 2.73. The van der Waals surface area contributed by atoms with Crippen LogP contribution >= 0.6 is 0 Å². The average molecular weight is 214 g/mol. The highest BCUT2D eigenvalue weighted by Crippen LogP contribution is 2.08. The Morgan fingerprint density at radius 3 is 2.38 bits per heavy atom. The number of hydrogen-bond donors (Lipinski definition) is 0. The van der Waals surface area contributed by atoms with Gasteiger partial charge in [0.05, 0.1) is 6.07 Å². The molecule has 2 heteroatoms. The normalized spacial score (nSPS) is 10.9. The van der Waals surface area contributed by atoms with E-state index in [9.17, 15) is 0 Å². The van der Waals surface area contributed by atoms with Crippen LogP contribution < -0.4 is 0 Å². The molecule has 0 fully saturated rings. The number of nitriles is 1. The van der Waals surface area contributed by atoms with E-state index in [2.05, 4.69) is 24.8 Å². The minimum atomic E-state index is 0.716. The lowest BCUT2D eigenvalue weighted by atomic mass is 10.1. The number of hydrogen-bond acceptors (Lipinski definition) is 2. The van der Waals surface area contributed by atoms with Gasteiger partial charge in [0.1, 0.15) is 0 Å². The van der Waals surface area contributed by atoms with Crippen molar-refractivity contribution in [2.24, 2.45) is 0 Å². The monoisotopic (exact) mass is 214 g/mol. The van der Waals surface area contributed by atoms with Crippen molar-refractivity contribution in [3.8, 4) is 6.07 Å². The predicted octanol–water partition coefficient (Wildman–Crippen LogP) is 2.98. The molecule has 0 radical (unpaired) electrons. The predicted molar refractivity (Wildman–Crippen MR) is 66.8 cm³/mol. The second kappa shape index (κ2) is 6.68. The zero-order valence-electron chi connectivity index (χ0n) is 9.98. The Morgan fingerprint density at radius 2 is 1.88 bits per heavy atom. The fourth-order valence-electron chi connectivity index (χ4n) is 1.56. The minimum Gasteiger partial charge on any atom is -0.377 e. The van der Waals surface area contributed by atoms with Crippen molar-refractivity contribution in [2.45, 2.75) is 20.3 Å². The van der Waals surface area contributed by atoms with Crippen LogP contribution in [0.1, 0.15) is 19.4 Å². The van der Waals surface area contributed by atoms with Crippen LogP contribution in [0.2, 0.25) is 0 Å². The van der Waals surface area contributed by atoms with Gasteiger partial charge >= 0.3 is 0 Å². The van der Waals surface area contributed by atoms with Gasteiger partial charge in [-0.15, -0.1) is 0 Å². The summed E-state index contributed by atoms with van der Waals surface area (Å²) in [5.74, 6) is 0. The first-order valence-electron chi connectivity index (χ1n) is 5.68. The van der Waals surface area contributed by atoms with Crippen molar-refractivity contribution in [1.29, 1.82) is 5.26 Å². The van der Waals surface area contributed by atoms with Crippen molar-refractivity contribution in [3.05, 3.63) is 47.7 Å². The molecule has 16 heavy (non-hydrogen) atoms. The second-order valence-corrected chi connectivity index (χ2v) is 3.65. The van der Waals surface area contributed by atoms with Crippen molar-refractivity contribution in [3.63, 3.8) is 0 Å². The van der Waals surface area contributed by atoms with Crippen molar-refractivity contribution >= 4 is 0 Å². The lowest BCUT2D eigenvalue weighted by Crippen LogP contribution is -2.16. The molecule has 0 aliphatic rings. The summed E-state index contributed by atoms with van der Waals surface area (Å²) in [6.07, 6.45) is 2.68. The van der Waals surface area contributed by atoms with Gasteiger partial charge in [-0.2, -0.15) is 5.26 Å². The van der Waals surface area contributed by atoms with Gasteiger partial charge in [-0.05, 0) is 19.4 Å². The highest BCUT2D eigenvalue weighted by atomic mass is 15.1. The van der Waals surface area contributed by atoms with Crippen LogP contribution in [0.25, 0.3) is 0 Å². The fraction of sp³-hybridized carbons (Fsp3) is 0.357. The number of nitrogens with zero attached hydrogens (tertiary/aromatic N) is 2. The molecule has 0 bridgehead atoms. The molecule has 1 aromatic rings. The molecular weight excluding hydrogens is 196 g/mol. The standard InChI is InChI=1S/C14H18N2/c1-3-16(4-2)12-14(11-15)10-13-8-6-5-7-9-13/h5-9,12H,3-4,10H2,1-2H3/b14-12-. The molecule has 0 aliphatic heterocycles. The Labute approximate surface area is 97.8 Å². The van der Waals surface area contributed by atoms with Gasteiger partial charge in [-0.1, -0.05) is 30.3 Å². The summed E-state index contributed by atoms with van der Waals surface area (Å²) in [5.41, 5.74) is 2.00. The SMILES string of the molecule is CCN(/C=C(\C#N)Cc1ccccc1)CC. The van der Waals surface area contributed by atoms with E-state index < -0.39 is 0 Å². The summed E-state index contributed by atoms with van der Waals surface area (Å²) in [6, 6.07) is 12.4. The third kappa shape index (κ3) is 3.78. The topological polar surface area (TPSA) is 27.0 Å². The largest absolute Gasteiger partial charge is 0.377 e. The number of allylic oxidation sites excluding steroid dienone is 1. The van der Waals surface area contributed by atoms with E-state index in [1.165, 1.54) is 5.56 Å². The lowest BCUT2D eigenvalue weighted by Gasteiger charge is -2.15. The zero-order chi connectivity index (χ0) is 11.8. The maximum absolute atomic E-state index is 9.08. The van der Waals surface area contributed by atoms with E-state index in [0.29, 0.717) is 6.42 Å². The van der Waals surface area contributed by atoms with Crippen LogP contribution in [-0.2, 0) is 6.42 Å². The van der Waals surface area contributed by atoms with Gasteiger partial charge in [-0.3, -0.25) is 0 Å². The Kier molecular flexibility index (Phi) is 5.15. The molecule has 0 unspecified atom stereocenters. The molecule has 0 aromatic heterocycles. The summed E-state index contributed by atoms with van der Waals surface area (Å²) >= 11 is 0. The van der Waals surface area contributed by atoms with Crippen LogP contribution in [0.4, 0.5) is 0 Å². The molecule has 0 saturated carbocycles. The van der Waals surface area contributed by atoms with Gasteiger partial charge in [0.15, 0.2) is 0 Å². The van der Waals surface area contributed by atoms with E-state index in [-0.39, 0.29) is 0 Å². The Morgan fingerprint density at radius 1 is 1.25 bits per heavy atom. The van der Waals surface area contributed by atoms with E-state index in [4.69, 9.17) is 5.26 Å². The Hall–Kier alpha value is -1.75. The third-order valence-corrected chi connectivity index (χ3v) is 2.53. The molecule has 1 aromatic carbocycles. The maximum Gasteiger partial charge on any atom is 0.0965 e. The van der Waals surface area contributed by atoms with Gasteiger partial charge in [0, 0.05) is 31.3 Å². The second-order valence-electron chi connectivity index (χ2n) is 3.65. The molecule has 1 rings (SSSR count). The van der Waals surface area contributed by atoms with Gasteiger partial charge in [-0.25, -0.2) is 0 Å². The van der Waals surface area contributed by atoms with Crippen molar-refractivity contribution in [2.75, 3.05) is 13.1 Å². The van der Waals surface area contributed by atoms with Crippen molar-refractivity contribution < 1.29 is 0 Å². The van der Waals surface area contributed by atoms with E-state index in [0.717, 1.165) is 18.7 Å². The van der Waals surface area contributed by atoms with Crippen LogP contribution in [0.3, 0.4) is 0 Å². The molecule has 0 amide bonds. The summed E-state index contributed by atoms with van der Waals surface area (Å²) < 4.78 is 0. The molecule has 84 valence electrons. The number of rotatable bonds is 5. The quantitative estimate of drug-likeness (QED) is 0.704. The van der Waals surface area contributed by atoms with Crippen molar-refractivity contribution in [1.82, 2.24) is 4.90 Å². The maximum atomic E-state index is 9.08. The van der Waals surface area contributed by atoms with Gasteiger partial charge < -0.3 is 4.90 Å². The lowest BCUT2D eigenvalue weighted by molar-refractivity contribution is 0.416.